The number of alkyl halides is 3. The molecule has 2 heterocycles. The molecule has 2 aromatic rings. The van der Waals surface area contributed by atoms with Crippen LogP contribution in [0.4, 0.5) is 27.6 Å². The van der Waals surface area contributed by atoms with Crippen molar-refractivity contribution in [2.75, 3.05) is 12.4 Å². The second-order valence-corrected chi connectivity index (χ2v) is 8.21. The number of aromatic nitrogens is 1. The Kier molecular flexibility index (Phi) is 7.15. The summed E-state index contributed by atoms with van der Waals surface area (Å²) in [6.07, 6.45) is -8.68. The van der Waals surface area contributed by atoms with Crippen molar-refractivity contribution in [3.63, 3.8) is 0 Å². The summed E-state index contributed by atoms with van der Waals surface area (Å²) in [7, 11) is 1.03. The smallest absolute Gasteiger partial charge is 0.417 e. The molecule has 0 unspecified atom stereocenters. The lowest BCUT2D eigenvalue weighted by Crippen LogP contribution is -2.43. The van der Waals surface area contributed by atoms with E-state index in [2.05, 4.69) is 10.3 Å². The summed E-state index contributed by atoms with van der Waals surface area (Å²) in [6, 6.07) is 4.34. The van der Waals surface area contributed by atoms with E-state index in [1.54, 1.807) is 0 Å². The van der Waals surface area contributed by atoms with Gasteiger partial charge in [-0.2, -0.15) is 17.6 Å². The standard InChI is InChI=1S/C22H23F5N2O5/c1-10(30)17(31)15-8-11(6-7-28-15)29-20(32)19-13(9-21(2,34-19)22(25,26)27)12-4-5-14(23)16(24)18(12)33-3/h4-8,10,13,17,19,30-31H,9H2,1-3H3,(H,28,29,32)/t10-,13+,17-,19-,21-/m0/s1. The summed E-state index contributed by atoms with van der Waals surface area (Å²) < 4.78 is 79.3. The first kappa shape index (κ1) is 25.8. The molecule has 1 aromatic heterocycles. The third-order valence-electron chi connectivity index (χ3n) is 5.71. The van der Waals surface area contributed by atoms with E-state index in [0.717, 1.165) is 26.2 Å². The number of hydrogen-bond donors (Lipinski definition) is 3. The molecule has 3 rings (SSSR count). The van der Waals surface area contributed by atoms with Crippen LogP contribution in [-0.4, -0.2) is 52.2 Å². The molecule has 1 amide bonds. The number of rotatable bonds is 6. The minimum Gasteiger partial charge on any atom is -0.493 e. The van der Waals surface area contributed by atoms with Gasteiger partial charge in [-0.15, -0.1) is 0 Å². The SMILES string of the molecule is COc1c([C@H]2C[C@@](C)(C(F)(F)F)O[C@@H]2C(=O)Nc2ccnc([C@@H](O)[C@H](C)O)c2)ccc(F)c1F. The zero-order valence-corrected chi connectivity index (χ0v) is 18.4. The number of aliphatic hydroxyl groups excluding tert-OH is 2. The van der Waals surface area contributed by atoms with Gasteiger partial charge in [0.2, 0.25) is 5.82 Å². The minimum atomic E-state index is -4.86. The van der Waals surface area contributed by atoms with Crippen LogP contribution in [0.3, 0.4) is 0 Å². The third-order valence-corrected chi connectivity index (χ3v) is 5.71. The summed E-state index contributed by atoms with van der Waals surface area (Å²) >= 11 is 0. The second kappa shape index (κ2) is 9.43. The molecule has 12 heteroatoms. The predicted molar refractivity (Wildman–Crippen MR) is 109 cm³/mol. The van der Waals surface area contributed by atoms with Gasteiger partial charge in [-0.25, -0.2) is 4.39 Å². The largest absolute Gasteiger partial charge is 0.493 e. The van der Waals surface area contributed by atoms with Crippen molar-refractivity contribution in [2.24, 2.45) is 0 Å². The topological polar surface area (TPSA) is 101 Å². The van der Waals surface area contributed by atoms with Gasteiger partial charge in [0.05, 0.1) is 18.9 Å². The van der Waals surface area contributed by atoms with Gasteiger partial charge in [0.15, 0.2) is 17.2 Å². The Labute approximate surface area is 191 Å². The van der Waals surface area contributed by atoms with Crippen molar-refractivity contribution in [1.29, 1.82) is 0 Å². The second-order valence-electron chi connectivity index (χ2n) is 8.21. The van der Waals surface area contributed by atoms with E-state index in [1.807, 2.05) is 0 Å². The molecule has 1 fully saturated rings. The number of anilines is 1. The number of halogens is 5. The van der Waals surface area contributed by atoms with Gasteiger partial charge in [-0.05, 0) is 38.5 Å². The summed E-state index contributed by atoms with van der Waals surface area (Å²) in [5.74, 6) is -5.61. The number of amides is 1. The van der Waals surface area contributed by atoms with Crippen molar-refractivity contribution in [2.45, 2.75) is 56.3 Å². The minimum absolute atomic E-state index is 0.0131. The van der Waals surface area contributed by atoms with E-state index in [-0.39, 0.29) is 16.9 Å². The Morgan fingerprint density at radius 3 is 2.56 bits per heavy atom. The average molecular weight is 490 g/mol. The van der Waals surface area contributed by atoms with E-state index in [9.17, 15) is 37.0 Å². The average Bonchev–Trinajstić information content (AvgIpc) is 3.14. The maximum Gasteiger partial charge on any atom is 0.417 e. The van der Waals surface area contributed by atoms with Crippen LogP contribution in [0.25, 0.3) is 0 Å². The van der Waals surface area contributed by atoms with E-state index >= 15 is 0 Å². The number of nitrogens with one attached hydrogen (secondary N) is 1. The van der Waals surface area contributed by atoms with Gasteiger partial charge < -0.3 is 25.0 Å². The number of ether oxygens (including phenoxy) is 2. The zero-order valence-electron chi connectivity index (χ0n) is 18.4. The van der Waals surface area contributed by atoms with Crippen LogP contribution in [0.2, 0.25) is 0 Å². The maximum absolute atomic E-state index is 14.3. The Morgan fingerprint density at radius 2 is 1.97 bits per heavy atom. The van der Waals surface area contributed by atoms with Gasteiger partial charge in [0.25, 0.3) is 5.91 Å². The third kappa shape index (κ3) is 4.84. The molecule has 0 saturated carbocycles. The van der Waals surface area contributed by atoms with Gasteiger partial charge in [-0.1, -0.05) is 6.07 Å². The summed E-state index contributed by atoms with van der Waals surface area (Å²) in [5.41, 5.74) is -2.83. The van der Waals surface area contributed by atoms with Crippen LogP contribution in [0.5, 0.6) is 5.75 Å². The molecule has 34 heavy (non-hydrogen) atoms. The predicted octanol–water partition coefficient (Wildman–Crippen LogP) is 3.61. The number of benzene rings is 1. The fourth-order valence-corrected chi connectivity index (χ4v) is 3.82. The lowest BCUT2D eigenvalue weighted by atomic mass is 9.85. The highest BCUT2D eigenvalue weighted by Crippen LogP contribution is 2.51. The summed E-state index contributed by atoms with van der Waals surface area (Å²) in [4.78, 5) is 16.9. The molecule has 0 radical (unpaired) electrons. The maximum atomic E-state index is 14.3. The molecular weight excluding hydrogens is 467 g/mol. The molecule has 1 aromatic carbocycles. The molecule has 186 valence electrons. The Morgan fingerprint density at radius 1 is 1.29 bits per heavy atom. The molecule has 7 nitrogen and oxygen atoms in total. The van der Waals surface area contributed by atoms with E-state index in [0.29, 0.717) is 0 Å². The molecule has 0 spiro atoms. The number of carbonyl (C=O) groups excluding carboxylic acids is 1. The number of methoxy groups -OCH3 is 1. The Balaban J connectivity index is 1.98. The van der Waals surface area contributed by atoms with Crippen LogP contribution in [0.1, 0.15) is 43.5 Å². The highest BCUT2D eigenvalue weighted by atomic mass is 19.4. The van der Waals surface area contributed by atoms with Gasteiger partial charge in [-0.3, -0.25) is 9.78 Å². The fourth-order valence-electron chi connectivity index (χ4n) is 3.82. The first-order valence-electron chi connectivity index (χ1n) is 10.2. The number of aliphatic hydroxyl groups is 2. The van der Waals surface area contributed by atoms with Crippen LogP contribution in [0, 0.1) is 11.6 Å². The van der Waals surface area contributed by atoms with Gasteiger partial charge in [0, 0.05) is 23.4 Å². The zero-order chi connectivity index (χ0) is 25.4. The first-order valence-corrected chi connectivity index (χ1v) is 10.2. The molecular formula is C22H23F5N2O5. The van der Waals surface area contributed by atoms with Crippen molar-refractivity contribution in [1.82, 2.24) is 4.98 Å². The monoisotopic (exact) mass is 490 g/mol. The normalized spacial score (nSPS) is 24.5. The number of carbonyl (C=O) groups is 1. The molecule has 0 aliphatic carbocycles. The highest BCUT2D eigenvalue weighted by Gasteiger charge is 2.61. The van der Waals surface area contributed by atoms with Gasteiger partial charge in [0.1, 0.15) is 12.2 Å². The molecule has 3 N–H and O–H groups in total. The van der Waals surface area contributed by atoms with Crippen molar-refractivity contribution in [3.8, 4) is 5.75 Å². The van der Waals surface area contributed by atoms with Crippen molar-refractivity contribution < 1.29 is 46.4 Å². The molecule has 5 atom stereocenters. The van der Waals surface area contributed by atoms with E-state index in [4.69, 9.17) is 9.47 Å². The number of pyridine rings is 1. The molecule has 1 aliphatic heterocycles. The van der Waals surface area contributed by atoms with Crippen LogP contribution < -0.4 is 10.1 Å². The Bertz CT molecular complexity index is 1060. The number of nitrogens with zero attached hydrogens (tertiary/aromatic N) is 1. The van der Waals surface area contributed by atoms with E-state index in [1.165, 1.54) is 25.3 Å². The summed E-state index contributed by atoms with van der Waals surface area (Å²) in [6.45, 7) is 2.09. The van der Waals surface area contributed by atoms with E-state index < -0.39 is 65.7 Å². The molecule has 1 aliphatic rings. The first-order chi connectivity index (χ1) is 15.8. The van der Waals surface area contributed by atoms with Crippen LogP contribution in [0.15, 0.2) is 30.5 Å². The number of hydrogen-bond acceptors (Lipinski definition) is 6. The lowest BCUT2D eigenvalue weighted by Gasteiger charge is -2.27. The lowest BCUT2D eigenvalue weighted by molar-refractivity contribution is -0.261. The quantitative estimate of drug-likeness (QED) is 0.535. The molecule has 1 saturated heterocycles. The summed E-state index contributed by atoms with van der Waals surface area (Å²) in [5, 5.41) is 21.9. The van der Waals surface area contributed by atoms with Gasteiger partial charge >= 0.3 is 6.18 Å². The van der Waals surface area contributed by atoms with Crippen LogP contribution >= 0.6 is 0 Å². The Hall–Kier alpha value is -2.83. The highest BCUT2D eigenvalue weighted by molar-refractivity contribution is 5.95. The van der Waals surface area contributed by atoms with Crippen molar-refractivity contribution >= 4 is 11.6 Å². The molecule has 0 bridgehead atoms. The van der Waals surface area contributed by atoms with Crippen molar-refractivity contribution in [3.05, 3.63) is 53.4 Å². The van der Waals surface area contributed by atoms with Crippen LogP contribution in [-0.2, 0) is 9.53 Å². The fraction of sp³-hybridized carbons (Fsp3) is 0.455.